The highest BCUT2D eigenvalue weighted by Crippen LogP contribution is 2.28. The van der Waals surface area contributed by atoms with Gasteiger partial charge in [0.05, 0.1) is 0 Å². The number of para-hydroxylation sites is 1. The van der Waals surface area contributed by atoms with Gasteiger partial charge in [-0.15, -0.1) is 0 Å². The minimum Gasteiger partial charge on any atom is -0.489 e. The molecule has 1 aromatic carbocycles. The van der Waals surface area contributed by atoms with E-state index in [2.05, 4.69) is 6.92 Å². The average Bonchev–Trinajstić information content (AvgIpc) is 2.98. The Hall–Kier alpha value is -2.04. The Labute approximate surface area is 143 Å². The van der Waals surface area contributed by atoms with E-state index in [1.54, 1.807) is 0 Å². The number of carbonyl (C=O) groups is 2. The molecule has 1 atom stereocenters. The highest BCUT2D eigenvalue weighted by Gasteiger charge is 2.42. The lowest BCUT2D eigenvalue weighted by atomic mass is 10.0. The Bertz CT molecular complexity index is 528. The van der Waals surface area contributed by atoms with Crippen LogP contribution in [-0.4, -0.2) is 30.8 Å². The normalized spacial score (nSPS) is 19.8. The molecule has 1 aliphatic heterocycles. The predicted molar refractivity (Wildman–Crippen MR) is 89.7 cm³/mol. The predicted octanol–water partition coefficient (Wildman–Crippen LogP) is 3.65. The summed E-state index contributed by atoms with van der Waals surface area (Å²) in [5, 5.41) is 0. The van der Waals surface area contributed by atoms with Crippen LogP contribution in [0.3, 0.4) is 0 Å². The van der Waals surface area contributed by atoms with Gasteiger partial charge in [-0.05, 0) is 18.6 Å². The van der Waals surface area contributed by atoms with Crippen LogP contribution in [0.15, 0.2) is 30.3 Å². The molecule has 0 N–H and O–H groups in total. The van der Waals surface area contributed by atoms with Crippen LogP contribution in [0.2, 0.25) is 0 Å². The van der Waals surface area contributed by atoms with Crippen LogP contribution in [0.25, 0.3) is 0 Å². The molecule has 2 rings (SSSR count). The molecule has 1 unspecified atom stereocenters. The molecule has 0 bridgehead atoms. The monoisotopic (exact) mass is 334 g/mol. The van der Waals surface area contributed by atoms with Crippen molar-refractivity contribution in [3.05, 3.63) is 30.3 Å². The highest BCUT2D eigenvalue weighted by molar-refractivity contribution is 5.73. The highest BCUT2D eigenvalue weighted by atomic mass is 16.6. The van der Waals surface area contributed by atoms with E-state index >= 15 is 0 Å². The summed E-state index contributed by atoms with van der Waals surface area (Å²) < 4.78 is 16.5. The summed E-state index contributed by atoms with van der Waals surface area (Å²) in [6.45, 7) is 2.37. The number of unbranched alkanes of at least 4 members (excludes halogenated alkanes) is 3. The molecule has 0 saturated carbocycles. The second-order valence-electron chi connectivity index (χ2n) is 6.23. The van der Waals surface area contributed by atoms with Crippen molar-refractivity contribution >= 4 is 11.9 Å². The Morgan fingerprint density at radius 1 is 1.17 bits per heavy atom. The fraction of sp³-hybridized carbons (Fsp3) is 0.579. The van der Waals surface area contributed by atoms with Crippen LogP contribution < -0.4 is 4.74 Å². The third kappa shape index (κ3) is 5.87. The van der Waals surface area contributed by atoms with E-state index in [1.807, 2.05) is 30.3 Å². The molecule has 1 heterocycles. The van der Waals surface area contributed by atoms with Gasteiger partial charge >= 0.3 is 11.9 Å². The summed E-state index contributed by atoms with van der Waals surface area (Å²) in [5.41, 5.74) is -0.869. The van der Waals surface area contributed by atoms with Gasteiger partial charge in [0.25, 0.3) is 0 Å². The molecule has 1 fully saturated rings. The van der Waals surface area contributed by atoms with Gasteiger partial charge in [0.2, 0.25) is 0 Å². The zero-order chi connectivity index (χ0) is 17.3. The first-order valence-electron chi connectivity index (χ1n) is 8.69. The molecule has 1 aliphatic rings. The number of ether oxygens (including phenoxy) is 3. The van der Waals surface area contributed by atoms with E-state index in [-0.39, 0.29) is 25.2 Å². The molecule has 0 radical (unpaired) electrons. The Morgan fingerprint density at radius 2 is 1.96 bits per heavy atom. The fourth-order valence-electron chi connectivity index (χ4n) is 2.63. The van der Waals surface area contributed by atoms with Gasteiger partial charge in [-0.2, -0.15) is 0 Å². The van der Waals surface area contributed by atoms with Gasteiger partial charge in [-0.1, -0.05) is 44.4 Å². The van der Waals surface area contributed by atoms with Crippen LogP contribution >= 0.6 is 0 Å². The van der Waals surface area contributed by atoms with E-state index < -0.39 is 5.60 Å². The van der Waals surface area contributed by atoms with Gasteiger partial charge in [0.15, 0.2) is 5.60 Å². The first kappa shape index (κ1) is 18.3. The number of esters is 2. The SMILES string of the molecule is CCCCCCC(=O)OCC1(COc2ccccc2)CCC(=O)O1. The van der Waals surface area contributed by atoms with Crippen molar-refractivity contribution in [2.75, 3.05) is 13.2 Å². The maximum Gasteiger partial charge on any atom is 0.306 e. The largest absolute Gasteiger partial charge is 0.489 e. The summed E-state index contributed by atoms with van der Waals surface area (Å²) in [6, 6.07) is 9.32. The number of hydrogen-bond donors (Lipinski definition) is 0. The third-order valence-electron chi connectivity index (χ3n) is 4.09. The van der Waals surface area contributed by atoms with Gasteiger partial charge in [-0.3, -0.25) is 9.59 Å². The number of carbonyl (C=O) groups excluding carboxylic acids is 2. The zero-order valence-corrected chi connectivity index (χ0v) is 14.3. The maximum atomic E-state index is 11.9. The van der Waals surface area contributed by atoms with Gasteiger partial charge in [0.1, 0.15) is 19.0 Å². The Morgan fingerprint density at radius 3 is 2.62 bits per heavy atom. The third-order valence-corrected chi connectivity index (χ3v) is 4.09. The summed E-state index contributed by atoms with van der Waals surface area (Å²) in [7, 11) is 0. The second kappa shape index (κ2) is 9.30. The molecule has 0 aromatic heterocycles. The molecule has 0 amide bonds. The molecule has 24 heavy (non-hydrogen) atoms. The lowest BCUT2D eigenvalue weighted by molar-refractivity contribution is -0.165. The standard InChI is InChI=1S/C19H26O5/c1-2-3-4-8-11-17(20)23-15-19(13-12-18(21)24-19)14-22-16-9-6-5-7-10-16/h5-7,9-10H,2-4,8,11-15H2,1H3. The second-order valence-corrected chi connectivity index (χ2v) is 6.23. The van der Waals surface area contributed by atoms with Crippen molar-refractivity contribution in [1.82, 2.24) is 0 Å². The van der Waals surface area contributed by atoms with E-state index in [4.69, 9.17) is 14.2 Å². The van der Waals surface area contributed by atoms with Gasteiger partial charge in [-0.25, -0.2) is 0 Å². The van der Waals surface area contributed by atoms with Crippen molar-refractivity contribution in [3.8, 4) is 5.75 Å². The van der Waals surface area contributed by atoms with Crippen molar-refractivity contribution < 1.29 is 23.8 Å². The Kier molecular flexibility index (Phi) is 7.09. The Balaban J connectivity index is 1.82. The summed E-state index contributed by atoms with van der Waals surface area (Å²) in [6.07, 6.45) is 5.35. The van der Waals surface area contributed by atoms with Crippen LogP contribution in [0.4, 0.5) is 0 Å². The molecule has 1 aromatic rings. The van der Waals surface area contributed by atoms with Crippen molar-refractivity contribution in [2.45, 2.75) is 57.5 Å². The fourth-order valence-corrected chi connectivity index (χ4v) is 2.63. The zero-order valence-electron chi connectivity index (χ0n) is 14.3. The minimum atomic E-state index is -0.869. The quantitative estimate of drug-likeness (QED) is 0.483. The summed E-state index contributed by atoms with van der Waals surface area (Å²) >= 11 is 0. The topological polar surface area (TPSA) is 61.8 Å². The number of rotatable bonds is 10. The smallest absolute Gasteiger partial charge is 0.306 e. The van der Waals surface area contributed by atoms with Crippen molar-refractivity contribution in [1.29, 1.82) is 0 Å². The number of benzene rings is 1. The van der Waals surface area contributed by atoms with Crippen LogP contribution in [0.5, 0.6) is 5.75 Å². The van der Waals surface area contributed by atoms with E-state index in [9.17, 15) is 9.59 Å². The van der Waals surface area contributed by atoms with E-state index in [1.165, 1.54) is 0 Å². The van der Waals surface area contributed by atoms with Crippen LogP contribution in [0, 0.1) is 0 Å². The molecule has 5 nitrogen and oxygen atoms in total. The molecular weight excluding hydrogens is 308 g/mol. The number of hydrogen-bond acceptors (Lipinski definition) is 5. The first-order valence-corrected chi connectivity index (χ1v) is 8.69. The average molecular weight is 334 g/mol. The molecule has 0 spiro atoms. The van der Waals surface area contributed by atoms with Crippen LogP contribution in [-0.2, 0) is 19.1 Å². The lowest BCUT2D eigenvalue weighted by Gasteiger charge is -2.27. The molecular formula is C19H26O5. The molecule has 1 saturated heterocycles. The van der Waals surface area contributed by atoms with Crippen molar-refractivity contribution in [2.24, 2.45) is 0 Å². The van der Waals surface area contributed by atoms with Crippen LogP contribution in [0.1, 0.15) is 51.9 Å². The molecule has 5 heteroatoms. The minimum absolute atomic E-state index is 0.0538. The van der Waals surface area contributed by atoms with Gasteiger partial charge in [0, 0.05) is 19.3 Å². The van der Waals surface area contributed by atoms with E-state index in [0.717, 1.165) is 25.7 Å². The molecule has 0 aliphatic carbocycles. The lowest BCUT2D eigenvalue weighted by Crippen LogP contribution is -2.41. The maximum absolute atomic E-state index is 11.9. The number of cyclic esters (lactones) is 1. The molecule has 132 valence electrons. The van der Waals surface area contributed by atoms with E-state index in [0.29, 0.717) is 25.0 Å². The summed E-state index contributed by atoms with van der Waals surface area (Å²) in [5.74, 6) is 0.185. The first-order chi connectivity index (χ1) is 11.6. The summed E-state index contributed by atoms with van der Waals surface area (Å²) in [4.78, 5) is 23.4. The van der Waals surface area contributed by atoms with Gasteiger partial charge < -0.3 is 14.2 Å². The van der Waals surface area contributed by atoms with Crippen molar-refractivity contribution in [3.63, 3.8) is 0 Å².